The fourth-order valence-electron chi connectivity index (χ4n) is 4.17. The Balaban J connectivity index is 1.36. The second-order valence-electron chi connectivity index (χ2n) is 7.82. The van der Waals surface area contributed by atoms with Gasteiger partial charge in [0, 0.05) is 36.8 Å². The van der Waals surface area contributed by atoms with Crippen molar-refractivity contribution in [1.29, 1.82) is 0 Å². The van der Waals surface area contributed by atoms with E-state index in [1.807, 2.05) is 63.6 Å². The number of rotatable bonds is 5. The Kier molecular flexibility index (Phi) is 5.97. The van der Waals surface area contributed by atoms with Crippen LogP contribution >= 0.6 is 11.3 Å². The summed E-state index contributed by atoms with van der Waals surface area (Å²) in [6.07, 6.45) is 7.37. The molecule has 0 radical (unpaired) electrons. The molecule has 0 saturated carbocycles. The maximum absolute atomic E-state index is 12.9. The Morgan fingerprint density at radius 3 is 2.74 bits per heavy atom. The van der Waals surface area contributed by atoms with Gasteiger partial charge in [-0.2, -0.15) is 5.10 Å². The van der Waals surface area contributed by atoms with Crippen molar-refractivity contribution >= 4 is 23.3 Å². The van der Waals surface area contributed by atoms with Crippen molar-refractivity contribution in [2.75, 3.05) is 26.3 Å². The molecule has 2 fully saturated rings. The zero-order valence-corrected chi connectivity index (χ0v) is 18.0. The molecular weight excluding hydrogens is 410 g/mol. The van der Waals surface area contributed by atoms with Gasteiger partial charge < -0.3 is 14.4 Å². The zero-order chi connectivity index (χ0) is 21.0. The monoisotopic (exact) mass is 435 g/mol. The first-order chi connectivity index (χ1) is 15.3. The first-order valence-electron chi connectivity index (χ1n) is 10.7. The minimum absolute atomic E-state index is 0.0206. The Morgan fingerprint density at radius 1 is 1.13 bits per heavy atom. The van der Waals surface area contributed by atoms with E-state index in [0.29, 0.717) is 19.8 Å². The van der Waals surface area contributed by atoms with Crippen LogP contribution in [0.5, 0.6) is 0 Å². The summed E-state index contributed by atoms with van der Waals surface area (Å²) in [5.74, 6) is 0.267. The maximum Gasteiger partial charge on any atom is 0.246 e. The van der Waals surface area contributed by atoms with Gasteiger partial charge in [0.05, 0.1) is 23.8 Å². The zero-order valence-electron chi connectivity index (χ0n) is 17.2. The number of thiophene rings is 1. The molecule has 1 atom stereocenters. The largest absolute Gasteiger partial charge is 0.350 e. The lowest BCUT2D eigenvalue weighted by atomic mass is 9.97. The van der Waals surface area contributed by atoms with Crippen molar-refractivity contribution < 1.29 is 14.3 Å². The number of carbonyl (C=O) groups is 1. The molecule has 5 rings (SSSR count). The van der Waals surface area contributed by atoms with Crippen molar-refractivity contribution in [3.63, 3.8) is 0 Å². The van der Waals surface area contributed by atoms with Gasteiger partial charge >= 0.3 is 0 Å². The molecule has 2 aromatic heterocycles. The number of nitrogens with zero attached hydrogens (tertiary/aromatic N) is 3. The third-order valence-corrected chi connectivity index (χ3v) is 6.60. The Labute approximate surface area is 185 Å². The highest BCUT2D eigenvalue weighted by molar-refractivity contribution is 7.13. The van der Waals surface area contributed by atoms with Crippen LogP contribution in [0.3, 0.4) is 0 Å². The highest BCUT2D eigenvalue weighted by atomic mass is 32.1. The molecule has 31 heavy (non-hydrogen) atoms. The predicted octanol–water partition coefficient (Wildman–Crippen LogP) is 4.23. The molecule has 4 heterocycles. The Bertz CT molecular complexity index is 1040. The van der Waals surface area contributed by atoms with Crippen molar-refractivity contribution in [3.8, 4) is 16.3 Å². The number of aromatic nitrogens is 2. The van der Waals surface area contributed by atoms with E-state index in [1.165, 1.54) is 0 Å². The Hall–Kier alpha value is -2.74. The number of benzene rings is 1. The minimum Gasteiger partial charge on any atom is -0.350 e. The number of carbonyl (C=O) groups excluding carboxylic acids is 1. The van der Waals surface area contributed by atoms with E-state index >= 15 is 0 Å². The van der Waals surface area contributed by atoms with Gasteiger partial charge in [-0.1, -0.05) is 24.3 Å². The summed E-state index contributed by atoms with van der Waals surface area (Å²) in [5, 5.41) is 6.83. The quantitative estimate of drug-likeness (QED) is 0.563. The van der Waals surface area contributed by atoms with Gasteiger partial charge in [0.15, 0.2) is 6.29 Å². The predicted molar refractivity (Wildman–Crippen MR) is 121 cm³/mol. The van der Waals surface area contributed by atoms with Crippen LogP contribution < -0.4 is 0 Å². The van der Waals surface area contributed by atoms with Gasteiger partial charge in [0.1, 0.15) is 5.69 Å². The van der Waals surface area contributed by atoms with Gasteiger partial charge in [-0.25, -0.2) is 4.68 Å². The molecule has 7 heteroatoms. The van der Waals surface area contributed by atoms with E-state index in [9.17, 15) is 4.79 Å². The highest BCUT2D eigenvalue weighted by Gasteiger charge is 2.32. The van der Waals surface area contributed by atoms with Crippen LogP contribution in [0.1, 0.15) is 18.4 Å². The molecule has 3 aromatic rings. The molecular formula is C24H25N3O3S. The van der Waals surface area contributed by atoms with Crippen molar-refractivity contribution in [3.05, 3.63) is 65.7 Å². The van der Waals surface area contributed by atoms with Gasteiger partial charge in [0.25, 0.3) is 0 Å². The lowest BCUT2D eigenvalue weighted by Gasteiger charge is -2.34. The summed E-state index contributed by atoms with van der Waals surface area (Å²) in [6.45, 7) is 2.74. The van der Waals surface area contributed by atoms with Crippen LogP contribution in [0.15, 0.2) is 60.1 Å². The number of hydrogen-bond acceptors (Lipinski definition) is 5. The van der Waals surface area contributed by atoms with Crippen molar-refractivity contribution in [1.82, 2.24) is 14.7 Å². The van der Waals surface area contributed by atoms with Crippen molar-refractivity contribution in [2.45, 2.75) is 19.1 Å². The van der Waals surface area contributed by atoms with E-state index in [0.717, 1.165) is 41.2 Å². The van der Waals surface area contributed by atoms with Gasteiger partial charge in [-0.15, -0.1) is 11.3 Å². The standard InChI is InChI=1S/C24H25N3O3S/c28-22(26-12-4-6-19(16-26)24-29-13-14-30-24)11-10-18-17-27(20-7-2-1-3-8-20)25-23(18)21-9-5-15-31-21/h1-3,5,7-11,15,17,19,24H,4,6,12-14,16H2/b11-10+. The lowest BCUT2D eigenvalue weighted by molar-refractivity contribution is -0.134. The molecule has 0 aliphatic carbocycles. The molecule has 0 N–H and O–H groups in total. The average Bonchev–Trinajstić information content (AvgIpc) is 3.59. The molecule has 2 aliphatic heterocycles. The van der Waals surface area contributed by atoms with E-state index < -0.39 is 0 Å². The first kappa shape index (κ1) is 20.2. The minimum atomic E-state index is -0.172. The maximum atomic E-state index is 12.9. The fraction of sp³-hybridized carbons (Fsp3) is 0.333. The van der Waals surface area contributed by atoms with Crippen LogP contribution in [0.25, 0.3) is 22.3 Å². The topological polar surface area (TPSA) is 56.6 Å². The molecule has 6 nitrogen and oxygen atoms in total. The summed E-state index contributed by atoms with van der Waals surface area (Å²) in [4.78, 5) is 15.9. The molecule has 2 aliphatic rings. The number of para-hydroxylation sites is 1. The molecule has 1 aromatic carbocycles. The molecule has 2 saturated heterocycles. The summed E-state index contributed by atoms with van der Waals surface area (Å²) >= 11 is 1.64. The number of amides is 1. The SMILES string of the molecule is O=C(/C=C/c1cn(-c2ccccc2)nc1-c1cccs1)N1CCCC(C2OCCO2)C1. The van der Waals surface area contributed by atoms with E-state index in [-0.39, 0.29) is 18.1 Å². The fourth-order valence-corrected chi connectivity index (χ4v) is 4.91. The van der Waals surface area contributed by atoms with Crippen LogP contribution in [-0.4, -0.2) is 53.2 Å². The second-order valence-corrected chi connectivity index (χ2v) is 8.77. The number of piperidine rings is 1. The molecule has 0 spiro atoms. The van der Waals surface area contributed by atoms with Gasteiger partial charge in [-0.05, 0) is 42.5 Å². The van der Waals surface area contributed by atoms with E-state index in [4.69, 9.17) is 14.6 Å². The Morgan fingerprint density at radius 2 is 1.97 bits per heavy atom. The number of ether oxygens (including phenoxy) is 2. The van der Waals surface area contributed by atoms with Gasteiger partial charge in [-0.3, -0.25) is 4.79 Å². The highest BCUT2D eigenvalue weighted by Crippen LogP contribution is 2.29. The summed E-state index contributed by atoms with van der Waals surface area (Å²) in [5.41, 5.74) is 2.80. The average molecular weight is 436 g/mol. The lowest BCUT2D eigenvalue weighted by Crippen LogP contribution is -2.43. The number of hydrogen-bond donors (Lipinski definition) is 0. The molecule has 1 unspecified atom stereocenters. The third kappa shape index (κ3) is 4.49. The normalized spacial score (nSPS) is 20.0. The smallest absolute Gasteiger partial charge is 0.246 e. The van der Waals surface area contributed by atoms with Gasteiger partial charge in [0.2, 0.25) is 5.91 Å². The second kappa shape index (κ2) is 9.18. The van der Waals surface area contributed by atoms with Crippen LogP contribution in [0.4, 0.5) is 0 Å². The summed E-state index contributed by atoms with van der Waals surface area (Å²) in [6, 6.07) is 14.1. The summed E-state index contributed by atoms with van der Waals surface area (Å²) in [7, 11) is 0. The summed E-state index contributed by atoms with van der Waals surface area (Å²) < 4.78 is 13.2. The van der Waals surface area contributed by atoms with Crippen molar-refractivity contribution in [2.24, 2.45) is 5.92 Å². The third-order valence-electron chi connectivity index (χ3n) is 5.73. The molecule has 0 bridgehead atoms. The van der Waals surface area contributed by atoms with E-state index in [2.05, 4.69) is 6.07 Å². The van der Waals surface area contributed by atoms with Crippen LogP contribution in [0.2, 0.25) is 0 Å². The number of likely N-dealkylation sites (tertiary alicyclic amines) is 1. The molecule has 160 valence electrons. The van der Waals surface area contributed by atoms with E-state index in [1.54, 1.807) is 17.4 Å². The molecule has 1 amide bonds. The van der Waals surface area contributed by atoms with Crippen LogP contribution in [0, 0.1) is 5.92 Å². The first-order valence-corrected chi connectivity index (χ1v) is 11.5. The van der Waals surface area contributed by atoms with Crippen LogP contribution in [-0.2, 0) is 14.3 Å².